The van der Waals surface area contributed by atoms with E-state index in [2.05, 4.69) is 20.1 Å². The van der Waals surface area contributed by atoms with Gasteiger partial charge in [0.25, 0.3) is 0 Å². The Morgan fingerprint density at radius 1 is 1.00 bits per heavy atom. The number of phenols is 1. The average Bonchev–Trinajstić information content (AvgIpc) is 3.23. The van der Waals surface area contributed by atoms with E-state index in [1.165, 1.54) is 0 Å². The summed E-state index contributed by atoms with van der Waals surface area (Å²) in [6, 6.07) is 12.8. The number of nitrogens with zero attached hydrogens (tertiary/aromatic N) is 6. The van der Waals surface area contributed by atoms with Gasteiger partial charge in [-0.1, -0.05) is 12.1 Å². The number of hydrogen-bond acceptors (Lipinski definition) is 7. The van der Waals surface area contributed by atoms with E-state index in [9.17, 15) is 5.11 Å². The fourth-order valence-electron chi connectivity index (χ4n) is 3.81. The fraction of sp³-hybridized carbons (Fsp3) is 0.0455. The molecule has 1 aromatic carbocycles. The van der Waals surface area contributed by atoms with Crippen molar-refractivity contribution in [2.45, 2.75) is 5.92 Å². The summed E-state index contributed by atoms with van der Waals surface area (Å²) in [6.45, 7) is 0. The molecule has 5 heterocycles. The smallest absolute Gasteiger partial charge is 0.228 e. The number of rotatable bonds is 2. The molecule has 0 bridgehead atoms. The number of hydrogen-bond donors (Lipinski definition) is 1. The minimum absolute atomic E-state index is 0.129. The maximum absolute atomic E-state index is 9.95. The van der Waals surface area contributed by atoms with Crippen molar-refractivity contribution in [1.29, 1.82) is 0 Å². The predicted molar refractivity (Wildman–Crippen MR) is 107 cm³/mol. The molecule has 144 valence electrons. The second kappa shape index (κ2) is 6.35. The van der Waals surface area contributed by atoms with E-state index < -0.39 is 0 Å². The van der Waals surface area contributed by atoms with Gasteiger partial charge in [-0.15, -0.1) is 5.10 Å². The number of ether oxygens (including phenoxy) is 1. The third-order valence-electron chi connectivity index (χ3n) is 5.13. The molecule has 4 aromatic heterocycles. The second-order valence-electron chi connectivity index (χ2n) is 6.95. The van der Waals surface area contributed by atoms with Crippen molar-refractivity contribution in [3.63, 3.8) is 0 Å². The molecule has 1 atom stereocenters. The Labute approximate surface area is 170 Å². The van der Waals surface area contributed by atoms with Gasteiger partial charge in [-0.05, 0) is 29.8 Å². The molecule has 1 aliphatic heterocycles. The zero-order valence-corrected chi connectivity index (χ0v) is 15.5. The highest BCUT2D eigenvalue weighted by Gasteiger charge is 2.33. The zero-order chi connectivity index (χ0) is 20.1. The monoisotopic (exact) mass is 394 g/mol. The molecule has 0 fully saturated rings. The molecular formula is C22H14N6O2. The number of benzene rings is 1. The van der Waals surface area contributed by atoms with E-state index in [0.717, 1.165) is 22.3 Å². The highest BCUT2D eigenvalue weighted by Crippen LogP contribution is 2.48. The Kier molecular flexibility index (Phi) is 3.51. The SMILES string of the molecule is Oc1ccc2c(c1)Oc1ncn3nc(-c4cccnc4)nc3c1C2c1cccnc1. The molecular weight excluding hydrogens is 380 g/mol. The summed E-state index contributed by atoms with van der Waals surface area (Å²) in [4.78, 5) is 17.7. The molecule has 0 radical (unpaired) electrons. The van der Waals surface area contributed by atoms with Gasteiger partial charge in [-0.2, -0.15) is 0 Å². The van der Waals surface area contributed by atoms with Gasteiger partial charge in [0.2, 0.25) is 5.88 Å². The molecule has 30 heavy (non-hydrogen) atoms. The van der Waals surface area contributed by atoms with Crippen molar-refractivity contribution in [3.8, 4) is 28.8 Å². The highest BCUT2D eigenvalue weighted by atomic mass is 16.5. The number of aromatic nitrogens is 6. The van der Waals surface area contributed by atoms with Crippen LogP contribution in [0.3, 0.4) is 0 Å². The minimum Gasteiger partial charge on any atom is -0.508 e. The topological polar surface area (TPSA) is 98.3 Å². The van der Waals surface area contributed by atoms with E-state index >= 15 is 0 Å². The first kappa shape index (κ1) is 16.6. The van der Waals surface area contributed by atoms with Crippen LogP contribution >= 0.6 is 0 Å². The van der Waals surface area contributed by atoms with Gasteiger partial charge >= 0.3 is 0 Å². The van der Waals surface area contributed by atoms with Crippen molar-refractivity contribution < 1.29 is 9.84 Å². The number of aromatic hydroxyl groups is 1. The first-order chi connectivity index (χ1) is 14.8. The van der Waals surface area contributed by atoms with Crippen molar-refractivity contribution >= 4 is 5.65 Å². The van der Waals surface area contributed by atoms with Crippen LogP contribution in [0.25, 0.3) is 17.0 Å². The summed E-state index contributed by atoms with van der Waals surface area (Å²) in [6.07, 6.45) is 8.56. The maximum atomic E-state index is 9.95. The summed E-state index contributed by atoms with van der Waals surface area (Å²) in [5.41, 5.74) is 4.12. The van der Waals surface area contributed by atoms with Crippen LogP contribution in [0.5, 0.6) is 17.4 Å². The molecule has 0 spiro atoms. The molecule has 0 aliphatic carbocycles. The number of fused-ring (bicyclic) bond motifs is 4. The lowest BCUT2D eigenvalue weighted by molar-refractivity contribution is 0.422. The Morgan fingerprint density at radius 2 is 1.87 bits per heavy atom. The van der Waals surface area contributed by atoms with E-state index in [4.69, 9.17) is 9.72 Å². The van der Waals surface area contributed by atoms with Gasteiger partial charge in [-0.3, -0.25) is 9.97 Å². The normalized spacial score (nSPS) is 14.7. The van der Waals surface area contributed by atoms with Crippen molar-refractivity contribution in [2.75, 3.05) is 0 Å². The van der Waals surface area contributed by atoms with Gasteiger partial charge < -0.3 is 9.84 Å². The standard InChI is InChI=1S/C22H14N6O2/c29-15-5-6-16-17(9-15)30-22-19(18(16)13-3-1-7-23-10-13)21-26-20(27-28(21)12-25-22)14-4-2-8-24-11-14/h1-12,18,29H. The first-order valence-electron chi connectivity index (χ1n) is 9.34. The lowest BCUT2D eigenvalue weighted by Gasteiger charge is -2.27. The molecule has 8 nitrogen and oxygen atoms in total. The number of phenolic OH excluding ortho intramolecular Hbond substituents is 1. The lowest BCUT2D eigenvalue weighted by atomic mass is 9.84. The van der Waals surface area contributed by atoms with Crippen molar-refractivity contribution in [3.05, 3.63) is 90.3 Å². The Bertz CT molecular complexity index is 1390. The van der Waals surface area contributed by atoms with Gasteiger partial charge in [0.05, 0.1) is 5.56 Å². The molecule has 0 saturated carbocycles. The van der Waals surface area contributed by atoms with E-state index in [0.29, 0.717) is 23.1 Å². The molecule has 0 amide bonds. The molecule has 6 rings (SSSR count). The van der Waals surface area contributed by atoms with Gasteiger partial charge in [0.1, 0.15) is 17.8 Å². The van der Waals surface area contributed by atoms with Crippen LogP contribution in [0.2, 0.25) is 0 Å². The summed E-state index contributed by atoms with van der Waals surface area (Å²) < 4.78 is 7.70. The summed E-state index contributed by atoms with van der Waals surface area (Å²) in [5.74, 6) is 1.45. The Morgan fingerprint density at radius 3 is 2.67 bits per heavy atom. The molecule has 0 saturated heterocycles. The van der Waals surface area contributed by atoms with Gasteiger partial charge in [0, 0.05) is 47.9 Å². The van der Waals surface area contributed by atoms with Crippen LogP contribution in [0, 0.1) is 0 Å². The first-order valence-corrected chi connectivity index (χ1v) is 9.34. The molecule has 1 aliphatic rings. The van der Waals surface area contributed by atoms with Crippen LogP contribution in [0.15, 0.2) is 73.6 Å². The van der Waals surface area contributed by atoms with Gasteiger partial charge in [0.15, 0.2) is 11.5 Å². The molecule has 1 unspecified atom stereocenters. The Hall–Kier alpha value is -4.33. The van der Waals surface area contributed by atoms with E-state index in [1.807, 2.05) is 36.5 Å². The zero-order valence-electron chi connectivity index (χ0n) is 15.5. The maximum Gasteiger partial charge on any atom is 0.228 e. The highest BCUT2D eigenvalue weighted by molar-refractivity contribution is 5.68. The number of pyridine rings is 2. The Balaban J connectivity index is 1.63. The van der Waals surface area contributed by atoms with Crippen LogP contribution in [0.4, 0.5) is 0 Å². The van der Waals surface area contributed by atoms with Crippen LogP contribution in [0.1, 0.15) is 22.6 Å². The molecule has 5 aromatic rings. The average molecular weight is 394 g/mol. The third kappa shape index (κ3) is 2.51. The molecule has 1 N–H and O–H groups in total. The van der Waals surface area contributed by atoms with Crippen LogP contribution in [-0.4, -0.2) is 34.7 Å². The van der Waals surface area contributed by atoms with Gasteiger partial charge in [-0.25, -0.2) is 14.5 Å². The minimum atomic E-state index is -0.222. The largest absolute Gasteiger partial charge is 0.508 e. The predicted octanol–water partition coefficient (Wildman–Crippen LogP) is 3.57. The van der Waals surface area contributed by atoms with Crippen molar-refractivity contribution in [1.82, 2.24) is 29.5 Å². The summed E-state index contributed by atoms with van der Waals surface area (Å²) in [5, 5.41) is 14.5. The fourth-order valence-corrected chi connectivity index (χ4v) is 3.81. The quantitative estimate of drug-likeness (QED) is 0.479. The van der Waals surface area contributed by atoms with E-state index in [1.54, 1.807) is 41.6 Å². The molecule has 8 heteroatoms. The summed E-state index contributed by atoms with van der Waals surface area (Å²) in [7, 11) is 0. The summed E-state index contributed by atoms with van der Waals surface area (Å²) >= 11 is 0. The van der Waals surface area contributed by atoms with E-state index in [-0.39, 0.29) is 11.7 Å². The lowest BCUT2D eigenvalue weighted by Crippen LogP contribution is -2.15. The second-order valence-corrected chi connectivity index (χ2v) is 6.95. The van der Waals surface area contributed by atoms with Crippen molar-refractivity contribution in [2.24, 2.45) is 0 Å². The van der Waals surface area contributed by atoms with Crippen LogP contribution < -0.4 is 4.74 Å². The van der Waals surface area contributed by atoms with Crippen LogP contribution in [-0.2, 0) is 0 Å². The third-order valence-corrected chi connectivity index (χ3v) is 5.13.